The summed E-state index contributed by atoms with van der Waals surface area (Å²) in [5.41, 5.74) is 2.22. The minimum atomic E-state index is 0. The van der Waals surface area contributed by atoms with Crippen LogP contribution in [0, 0.1) is 0 Å². The number of para-hydroxylation sites is 1. The van der Waals surface area contributed by atoms with Crippen molar-refractivity contribution >= 4 is 29.9 Å². The van der Waals surface area contributed by atoms with Crippen molar-refractivity contribution in [1.29, 1.82) is 0 Å². The first-order chi connectivity index (χ1) is 12.2. The van der Waals surface area contributed by atoms with E-state index in [2.05, 4.69) is 40.7 Å². The molecule has 0 radical (unpaired) electrons. The lowest BCUT2D eigenvalue weighted by Crippen LogP contribution is -2.42. The lowest BCUT2D eigenvalue weighted by atomic mass is 10.1. The fourth-order valence-electron chi connectivity index (χ4n) is 2.75. The number of hydrogen-bond acceptors (Lipinski definition) is 4. The van der Waals surface area contributed by atoms with Crippen molar-refractivity contribution in [2.45, 2.75) is 45.8 Å². The van der Waals surface area contributed by atoms with E-state index in [1.54, 1.807) is 0 Å². The molecule has 1 aromatic heterocycles. The van der Waals surface area contributed by atoms with E-state index < -0.39 is 0 Å². The second-order valence-corrected chi connectivity index (χ2v) is 6.50. The predicted octanol–water partition coefficient (Wildman–Crippen LogP) is 3.47. The maximum absolute atomic E-state index is 5.95. The Hall–Kier alpha value is -1.77. The predicted molar refractivity (Wildman–Crippen MR) is 113 cm³/mol. The zero-order chi connectivity index (χ0) is 17.6. The largest absolute Gasteiger partial charge is 0.488 e. The molecule has 0 saturated heterocycles. The van der Waals surface area contributed by atoms with Gasteiger partial charge in [0.25, 0.3) is 0 Å². The van der Waals surface area contributed by atoms with Crippen molar-refractivity contribution in [3.8, 4) is 5.75 Å². The van der Waals surface area contributed by atoms with Crippen LogP contribution < -0.4 is 15.4 Å². The molecule has 6 nitrogen and oxygen atoms in total. The van der Waals surface area contributed by atoms with Crippen molar-refractivity contribution in [3.05, 3.63) is 47.3 Å². The lowest BCUT2D eigenvalue weighted by Gasteiger charge is -2.15. The highest BCUT2D eigenvalue weighted by atomic mass is 127. The molecule has 142 valence electrons. The molecule has 3 rings (SSSR count). The number of nitrogens with one attached hydrogen (secondary N) is 2. The van der Waals surface area contributed by atoms with Crippen molar-refractivity contribution in [1.82, 2.24) is 15.8 Å². The third-order valence-corrected chi connectivity index (χ3v) is 4.12. The molecule has 1 atom stereocenters. The standard InChI is InChI=1S/C19H26N4O2.HI/c1-4-20-19(22-12-16-10-17(13(2)3)23-25-16)21-11-15-9-14-7-5-6-8-18(14)24-15;/h5-8,10,13,15H,4,9,11-12H2,1-3H3,(H2,20,21,22);1H. The van der Waals surface area contributed by atoms with Crippen LogP contribution in [0.5, 0.6) is 5.75 Å². The molecule has 0 fully saturated rings. The van der Waals surface area contributed by atoms with Gasteiger partial charge < -0.3 is 19.9 Å². The Morgan fingerprint density at radius 3 is 2.81 bits per heavy atom. The number of hydrogen-bond donors (Lipinski definition) is 2. The summed E-state index contributed by atoms with van der Waals surface area (Å²) in [4.78, 5) is 4.57. The van der Waals surface area contributed by atoms with E-state index in [0.29, 0.717) is 19.0 Å². The number of aliphatic imine (C=N–C) groups is 1. The molecule has 1 aliphatic rings. The fourth-order valence-corrected chi connectivity index (χ4v) is 2.75. The Morgan fingerprint density at radius 2 is 2.12 bits per heavy atom. The van der Waals surface area contributed by atoms with Crippen molar-refractivity contribution < 1.29 is 9.26 Å². The van der Waals surface area contributed by atoms with Gasteiger partial charge in [-0.15, -0.1) is 24.0 Å². The van der Waals surface area contributed by atoms with Gasteiger partial charge in [-0.05, 0) is 24.5 Å². The molecule has 0 saturated carbocycles. The van der Waals surface area contributed by atoms with Crippen molar-refractivity contribution in [2.75, 3.05) is 13.1 Å². The summed E-state index contributed by atoms with van der Waals surface area (Å²) in [6, 6.07) is 10.2. The van der Waals surface area contributed by atoms with Gasteiger partial charge in [0.2, 0.25) is 0 Å². The Labute approximate surface area is 171 Å². The zero-order valence-electron chi connectivity index (χ0n) is 15.5. The summed E-state index contributed by atoms with van der Waals surface area (Å²) in [5, 5.41) is 10.7. The minimum absolute atomic E-state index is 0. The molecule has 7 heteroatoms. The van der Waals surface area contributed by atoms with Crippen LogP contribution in [0.1, 0.15) is 43.7 Å². The molecule has 0 amide bonds. The van der Waals surface area contributed by atoms with Crippen LogP contribution in [0.2, 0.25) is 0 Å². The van der Waals surface area contributed by atoms with Crippen molar-refractivity contribution in [2.24, 2.45) is 4.99 Å². The molecule has 0 spiro atoms. The van der Waals surface area contributed by atoms with E-state index in [-0.39, 0.29) is 30.1 Å². The second-order valence-electron chi connectivity index (χ2n) is 6.50. The third-order valence-electron chi connectivity index (χ3n) is 4.12. The van der Waals surface area contributed by atoms with Gasteiger partial charge in [0.1, 0.15) is 18.4 Å². The van der Waals surface area contributed by atoms with Crippen LogP contribution in [0.15, 0.2) is 39.8 Å². The molecule has 2 heterocycles. The monoisotopic (exact) mass is 470 g/mol. The number of rotatable bonds is 6. The van der Waals surface area contributed by atoms with E-state index in [9.17, 15) is 0 Å². The number of nitrogens with zero attached hydrogens (tertiary/aromatic N) is 2. The van der Waals surface area contributed by atoms with Crippen LogP contribution in [-0.4, -0.2) is 30.3 Å². The highest BCUT2D eigenvalue weighted by molar-refractivity contribution is 14.0. The van der Waals surface area contributed by atoms with Crippen LogP contribution in [-0.2, 0) is 13.0 Å². The van der Waals surface area contributed by atoms with Gasteiger partial charge in [-0.3, -0.25) is 0 Å². The number of aromatic nitrogens is 1. The summed E-state index contributed by atoms with van der Waals surface area (Å²) in [7, 11) is 0. The maximum Gasteiger partial charge on any atom is 0.191 e. The fraction of sp³-hybridized carbons (Fsp3) is 0.474. The second kappa shape index (κ2) is 9.80. The van der Waals surface area contributed by atoms with Crippen molar-refractivity contribution in [3.63, 3.8) is 0 Å². The zero-order valence-corrected chi connectivity index (χ0v) is 17.8. The number of fused-ring (bicyclic) bond motifs is 1. The molecule has 0 bridgehead atoms. The number of ether oxygens (including phenoxy) is 1. The molecule has 26 heavy (non-hydrogen) atoms. The smallest absolute Gasteiger partial charge is 0.191 e. The molecule has 1 aliphatic heterocycles. The molecule has 2 N–H and O–H groups in total. The van der Waals surface area contributed by atoms with Crippen LogP contribution in [0.4, 0.5) is 0 Å². The van der Waals surface area contributed by atoms with E-state index in [0.717, 1.165) is 36.1 Å². The molecular formula is C19H27IN4O2. The lowest BCUT2D eigenvalue weighted by molar-refractivity contribution is 0.235. The van der Waals surface area contributed by atoms with Gasteiger partial charge in [0.15, 0.2) is 11.7 Å². The maximum atomic E-state index is 5.95. The molecular weight excluding hydrogens is 443 g/mol. The summed E-state index contributed by atoms with van der Waals surface area (Å²) < 4.78 is 11.3. The summed E-state index contributed by atoms with van der Waals surface area (Å²) in [5.74, 6) is 2.86. The Morgan fingerprint density at radius 1 is 1.31 bits per heavy atom. The molecule has 1 aromatic carbocycles. The van der Waals surface area contributed by atoms with E-state index in [1.165, 1.54) is 5.56 Å². The van der Waals surface area contributed by atoms with E-state index in [1.807, 2.05) is 31.2 Å². The molecule has 2 aromatic rings. The number of halogens is 1. The third kappa shape index (κ3) is 5.36. The Kier molecular flexibility index (Phi) is 7.74. The summed E-state index contributed by atoms with van der Waals surface area (Å²) in [6.45, 7) is 8.19. The highest BCUT2D eigenvalue weighted by Crippen LogP contribution is 2.27. The Bertz CT molecular complexity index is 705. The molecule has 0 aliphatic carbocycles. The first-order valence-corrected chi connectivity index (χ1v) is 8.88. The molecule has 1 unspecified atom stereocenters. The number of guanidine groups is 1. The normalized spacial score (nSPS) is 16.0. The number of benzene rings is 1. The topological polar surface area (TPSA) is 71.7 Å². The van der Waals surface area contributed by atoms with Crippen LogP contribution >= 0.6 is 24.0 Å². The van der Waals surface area contributed by atoms with E-state index in [4.69, 9.17) is 9.26 Å². The van der Waals surface area contributed by atoms with Gasteiger partial charge in [-0.2, -0.15) is 0 Å². The summed E-state index contributed by atoms with van der Waals surface area (Å²) in [6.07, 6.45) is 1.04. The highest BCUT2D eigenvalue weighted by Gasteiger charge is 2.22. The van der Waals surface area contributed by atoms with E-state index >= 15 is 0 Å². The Balaban J connectivity index is 0.00000243. The van der Waals surface area contributed by atoms with Crippen LogP contribution in [0.3, 0.4) is 0 Å². The van der Waals surface area contributed by atoms with Crippen LogP contribution in [0.25, 0.3) is 0 Å². The average Bonchev–Trinajstić information content (AvgIpc) is 3.23. The minimum Gasteiger partial charge on any atom is -0.488 e. The summed E-state index contributed by atoms with van der Waals surface area (Å²) >= 11 is 0. The van der Waals surface area contributed by atoms with Gasteiger partial charge in [0, 0.05) is 19.0 Å². The van der Waals surface area contributed by atoms with Gasteiger partial charge in [0.05, 0.1) is 12.2 Å². The quantitative estimate of drug-likeness (QED) is 0.385. The van der Waals surface area contributed by atoms with Gasteiger partial charge >= 0.3 is 0 Å². The first-order valence-electron chi connectivity index (χ1n) is 8.88. The van der Waals surface area contributed by atoms with Gasteiger partial charge in [-0.1, -0.05) is 37.2 Å². The van der Waals surface area contributed by atoms with Gasteiger partial charge in [-0.25, -0.2) is 4.99 Å². The SMILES string of the molecule is CCNC(=NCc1cc(C(C)C)no1)NCC1Cc2ccccc2O1.I. The average molecular weight is 470 g/mol. The first kappa shape index (κ1) is 20.5.